The molecule has 0 aliphatic carbocycles. The van der Waals surface area contributed by atoms with Gasteiger partial charge in [-0.15, -0.1) is 0 Å². The van der Waals surface area contributed by atoms with Gasteiger partial charge in [-0.1, -0.05) is 6.07 Å². The van der Waals surface area contributed by atoms with Gasteiger partial charge in [0.2, 0.25) is 0 Å². The third-order valence-electron chi connectivity index (χ3n) is 4.69. The third kappa shape index (κ3) is 3.36. The molecular formula is C19H22N4O3. The molecule has 0 radical (unpaired) electrons. The number of carbonyl (C=O) groups excluding carboxylic acids is 1. The zero-order valence-electron chi connectivity index (χ0n) is 14.7. The Morgan fingerprint density at radius 3 is 2.85 bits per heavy atom. The van der Waals surface area contributed by atoms with Crippen molar-refractivity contribution in [2.45, 2.75) is 13.0 Å². The van der Waals surface area contributed by atoms with E-state index in [2.05, 4.69) is 15.3 Å². The van der Waals surface area contributed by atoms with Gasteiger partial charge in [-0.25, -0.2) is 4.52 Å². The summed E-state index contributed by atoms with van der Waals surface area (Å²) < 4.78 is 12.9. The van der Waals surface area contributed by atoms with Crippen molar-refractivity contribution < 1.29 is 13.9 Å². The van der Waals surface area contributed by atoms with E-state index in [0.717, 1.165) is 30.1 Å². The van der Waals surface area contributed by atoms with E-state index >= 15 is 0 Å². The highest BCUT2D eigenvalue weighted by Crippen LogP contribution is 2.23. The quantitative estimate of drug-likeness (QED) is 0.759. The average molecular weight is 354 g/mol. The predicted molar refractivity (Wildman–Crippen MR) is 96.1 cm³/mol. The summed E-state index contributed by atoms with van der Waals surface area (Å²) in [5, 5.41) is 7.27. The van der Waals surface area contributed by atoms with E-state index in [9.17, 15) is 4.79 Å². The Balaban J connectivity index is 1.52. The van der Waals surface area contributed by atoms with Crippen LogP contribution in [-0.2, 0) is 4.74 Å². The SMILES string of the molecule is Cc1ccc([C@H](CNC(=O)c2cccc3ccnn23)N2CCOCC2)o1. The van der Waals surface area contributed by atoms with E-state index in [1.54, 1.807) is 16.8 Å². The largest absolute Gasteiger partial charge is 0.465 e. The Bertz CT molecular complexity index is 895. The van der Waals surface area contributed by atoms with Gasteiger partial charge in [-0.2, -0.15) is 5.10 Å². The minimum atomic E-state index is -0.152. The molecule has 0 bridgehead atoms. The van der Waals surface area contributed by atoms with Crippen LogP contribution in [0.15, 0.2) is 47.0 Å². The molecule has 4 heterocycles. The number of aromatic nitrogens is 2. The van der Waals surface area contributed by atoms with Crippen LogP contribution in [0.25, 0.3) is 5.52 Å². The summed E-state index contributed by atoms with van der Waals surface area (Å²) >= 11 is 0. The van der Waals surface area contributed by atoms with Crippen molar-refractivity contribution in [2.24, 2.45) is 0 Å². The first-order valence-corrected chi connectivity index (χ1v) is 8.81. The maximum atomic E-state index is 12.7. The highest BCUT2D eigenvalue weighted by atomic mass is 16.5. The van der Waals surface area contributed by atoms with Crippen molar-refractivity contribution >= 4 is 11.4 Å². The number of nitrogens with one attached hydrogen (secondary N) is 1. The van der Waals surface area contributed by atoms with E-state index in [1.807, 2.05) is 37.3 Å². The monoisotopic (exact) mass is 354 g/mol. The third-order valence-corrected chi connectivity index (χ3v) is 4.69. The van der Waals surface area contributed by atoms with Gasteiger partial charge >= 0.3 is 0 Å². The number of hydrogen-bond donors (Lipinski definition) is 1. The number of pyridine rings is 1. The summed E-state index contributed by atoms with van der Waals surface area (Å²) in [5.41, 5.74) is 1.41. The molecule has 3 aromatic rings. The maximum Gasteiger partial charge on any atom is 0.270 e. The number of furan rings is 1. The van der Waals surface area contributed by atoms with Crippen molar-refractivity contribution in [1.29, 1.82) is 0 Å². The van der Waals surface area contributed by atoms with E-state index < -0.39 is 0 Å². The van der Waals surface area contributed by atoms with Crippen LogP contribution >= 0.6 is 0 Å². The van der Waals surface area contributed by atoms with Crippen molar-refractivity contribution in [3.05, 3.63) is 59.8 Å². The number of amides is 1. The molecule has 0 unspecified atom stereocenters. The molecule has 1 aliphatic heterocycles. The molecule has 1 atom stereocenters. The fourth-order valence-electron chi connectivity index (χ4n) is 3.33. The molecule has 3 aromatic heterocycles. The number of morpholine rings is 1. The standard InChI is InChI=1S/C19H22N4O3/c1-14-5-6-18(26-14)17(22-9-11-25-12-10-22)13-20-19(24)16-4-2-3-15-7-8-21-23(15)16/h2-8,17H,9-13H2,1H3,(H,20,24)/t17-/m0/s1. The van der Waals surface area contributed by atoms with Gasteiger partial charge in [0.15, 0.2) is 0 Å². The van der Waals surface area contributed by atoms with Crippen LogP contribution in [0.2, 0.25) is 0 Å². The number of carbonyl (C=O) groups is 1. The summed E-state index contributed by atoms with van der Waals surface area (Å²) in [6, 6.07) is 11.3. The van der Waals surface area contributed by atoms with Gasteiger partial charge in [0.25, 0.3) is 5.91 Å². The molecule has 0 saturated carbocycles. The molecule has 4 rings (SSSR count). The predicted octanol–water partition coefficient (Wildman–Crippen LogP) is 2.04. The lowest BCUT2D eigenvalue weighted by atomic mass is 10.1. The number of aryl methyl sites for hydroxylation is 1. The molecule has 0 spiro atoms. The average Bonchev–Trinajstić information content (AvgIpc) is 3.31. The Hall–Kier alpha value is -2.64. The van der Waals surface area contributed by atoms with Crippen molar-refractivity contribution in [1.82, 2.24) is 19.8 Å². The van der Waals surface area contributed by atoms with Gasteiger partial charge in [-0.05, 0) is 37.3 Å². The number of fused-ring (bicyclic) bond motifs is 1. The van der Waals surface area contributed by atoms with Crippen LogP contribution in [0.4, 0.5) is 0 Å². The molecule has 0 aromatic carbocycles. The zero-order chi connectivity index (χ0) is 17.9. The van der Waals surface area contributed by atoms with Crippen LogP contribution in [-0.4, -0.2) is 53.3 Å². The molecule has 7 nitrogen and oxygen atoms in total. The molecule has 1 aliphatic rings. The highest BCUT2D eigenvalue weighted by Gasteiger charge is 2.26. The lowest BCUT2D eigenvalue weighted by molar-refractivity contribution is 0.0116. The molecular weight excluding hydrogens is 332 g/mol. The van der Waals surface area contributed by atoms with Gasteiger partial charge in [0, 0.05) is 19.6 Å². The lowest BCUT2D eigenvalue weighted by Crippen LogP contribution is -2.43. The first-order valence-electron chi connectivity index (χ1n) is 8.81. The van der Waals surface area contributed by atoms with Gasteiger partial charge in [0.05, 0.1) is 31.0 Å². The van der Waals surface area contributed by atoms with E-state index in [-0.39, 0.29) is 11.9 Å². The smallest absolute Gasteiger partial charge is 0.270 e. The molecule has 1 saturated heterocycles. The van der Waals surface area contributed by atoms with Crippen LogP contribution in [0.5, 0.6) is 0 Å². The first-order chi connectivity index (χ1) is 12.7. The minimum Gasteiger partial charge on any atom is -0.465 e. The van der Waals surface area contributed by atoms with Crippen LogP contribution < -0.4 is 5.32 Å². The molecule has 26 heavy (non-hydrogen) atoms. The number of ether oxygens (including phenoxy) is 1. The molecule has 1 amide bonds. The molecule has 7 heteroatoms. The summed E-state index contributed by atoms with van der Waals surface area (Å²) in [5.74, 6) is 1.58. The summed E-state index contributed by atoms with van der Waals surface area (Å²) in [7, 11) is 0. The zero-order valence-corrected chi connectivity index (χ0v) is 14.7. The van der Waals surface area contributed by atoms with Crippen LogP contribution in [0.3, 0.4) is 0 Å². The van der Waals surface area contributed by atoms with Gasteiger partial charge in [0.1, 0.15) is 17.2 Å². The summed E-state index contributed by atoms with van der Waals surface area (Å²) in [6.45, 7) is 5.40. The lowest BCUT2D eigenvalue weighted by Gasteiger charge is -2.33. The van der Waals surface area contributed by atoms with Crippen molar-refractivity contribution in [3.63, 3.8) is 0 Å². The number of rotatable bonds is 5. The number of hydrogen-bond acceptors (Lipinski definition) is 5. The Morgan fingerprint density at radius 1 is 1.23 bits per heavy atom. The Kier molecular flexibility index (Phi) is 4.73. The summed E-state index contributed by atoms with van der Waals surface area (Å²) in [6.07, 6.45) is 1.69. The second-order valence-corrected chi connectivity index (χ2v) is 6.40. The van der Waals surface area contributed by atoms with Crippen molar-refractivity contribution in [2.75, 3.05) is 32.8 Å². The van der Waals surface area contributed by atoms with E-state index in [1.165, 1.54) is 0 Å². The van der Waals surface area contributed by atoms with Gasteiger partial charge in [-0.3, -0.25) is 9.69 Å². The maximum absolute atomic E-state index is 12.7. The van der Waals surface area contributed by atoms with Gasteiger partial charge < -0.3 is 14.5 Å². The fourth-order valence-corrected chi connectivity index (χ4v) is 3.33. The summed E-state index contributed by atoms with van der Waals surface area (Å²) in [4.78, 5) is 15.0. The first kappa shape index (κ1) is 16.8. The second-order valence-electron chi connectivity index (χ2n) is 6.40. The topological polar surface area (TPSA) is 72.0 Å². The molecule has 1 N–H and O–H groups in total. The Labute approximate surface area is 151 Å². The molecule has 1 fully saturated rings. The Morgan fingerprint density at radius 2 is 2.08 bits per heavy atom. The second kappa shape index (κ2) is 7.31. The van der Waals surface area contributed by atoms with E-state index in [4.69, 9.17) is 9.15 Å². The van der Waals surface area contributed by atoms with E-state index in [0.29, 0.717) is 25.5 Å². The van der Waals surface area contributed by atoms with Crippen LogP contribution in [0, 0.1) is 6.92 Å². The van der Waals surface area contributed by atoms with Crippen molar-refractivity contribution in [3.8, 4) is 0 Å². The molecule has 136 valence electrons. The highest BCUT2D eigenvalue weighted by molar-refractivity contribution is 5.93. The fraction of sp³-hybridized carbons (Fsp3) is 0.368. The number of nitrogens with zero attached hydrogens (tertiary/aromatic N) is 3. The normalized spacial score (nSPS) is 16.7. The minimum absolute atomic E-state index is 0.0200. The van der Waals surface area contributed by atoms with Crippen LogP contribution in [0.1, 0.15) is 28.1 Å².